The molecule has 4 aromatic carbocycles. The normalized spacial score (nSPS) is 11.2. The van der Waals surface area contributed by atoms with Crippen LogP contribution >= 0.6 is 0 Å². The highest BCUT2D eigenvalue weighted by atomic mass is 32.2. The SMILES string of the molecule is Cc1ccc(-c2cc(-c3ccccc3)nn2-c2ccc(S(=O)(=O)NC(=O)Nc3ccccc3)cc2)cc1. The first-order valence-electron chi connectivity index (χ1n) is 11.6. The van der Waals surface area contributed by atoms with Crippen molar-refractivity contribution in [1.29, 1.82) is 0 Å². The van der Waals surface area contributed by atoms with Crippen LogP contribution in [0.5, 0.6) is 0 Å². The summed E-state index contributed by atoms with van der Waals surface area (Å²) in [5.74, 6) is 0. The molecule has 0 aliphatic rings. The van der Waals surface area contributed by atoms with E-state index in [1.807, 2.05) is 72.3 Å². The third-order valence-corrected chi connectivity index (χ3v) is 7.12. The highest BCUT2D eigenvalue weighted by Crippen LogP contribution is 2.29. The van der Waals surface area contributed by atoms with E-state index in [0.29, 0.717) is 11.4 Å². The van der Waals surface area contributed by atoms with Crippen molar-refractivity contribution in [2.45, 2.75) is 11.8 Å². The van der Waals surface area contributed by atoms with Gasteiger partial charge in [0.15, 0.2) is 0 Å². The Balaban J connectivity index is 1.45. The van der Waals surface area contributed by atoms with Gasteiger partial charge < -0.3 is 5.32 Å². The second-order valence-corrected chi connectivity index (χ2v) is 10.2. The van der Waals surface area contributed by atoms with E-state index < -0.39 is 16.1 Å². The van der Waals surface area contributed by atoms with Gasteiger partial charge >= 0.3 is 6.03 Å². The molecule has 8 heteroatoms. The zero-order valence-electron chi connectivity index (χ0n) is 20.0. The van der Waals surface area contributed by atoms with Crippen LogP contribution in [0.2, 0.25) is 0 Å². The summed E-state index contributed by atoms with van der Waals surface area (Å²) in [6.07, 6.45) is 0. The van der Waals surface area contributed by atoms with E-state index in [4.69, 9.17) is 5.10 Å². The van der Waals surface area contributed by atoms with Gasteiger partial charge in [0.2, 0.25) is 0 Å². The van der Waals surface area contributed by atoms with Gasteiger partial charge in [0.1, 0.15) is 0 Å². The largest absolute Gasteiger partial charge is 0.333 e. The van der Waals surface area contributed by atoms with Crippen LogP contribution in [0.3, 0.4) is 0 Å². The fraction of sp³-hybridized carbons (Fsp3) is 0.0345. The van der Waals surface area contributed by atoms with Gasteiger partial charge in [-0.2, -0.15) is 5.10 Å². The quantitative estimate of drug-likeness (QED) is 0.293. The van der Waals surface area contributed by atoms with Crippen LogP contribution in [0.4, 0.5) is 10.5 Å². The third-order valence-electron chi connectivity index (χ3n) is 5.78. The lowest BCUT2D eigenvalue weighted by Gasteiger charge is -2.11. The molecule has 5 aromatic rings. The number of sulfonamides is 1. The molecule has 0 spiro atoms. The van der Waals surface area contributed by atoms with Crippen molar-refractivity contribution in [1.82, 2.24) is 14.5 Å². The molecule has 1 heterocycles. The molecule has 5 rings (SSSR count). The summed E-state index contributed by atoms with van der Waals surface area (Å²) >= 11 is 0. The van der Waals surface area contributed by atoms with E-state index in [9.17, 15) is 13.2 Å². The molecule has 0 fully saturated rings. The summed E-state index contributed by atoms with van der Waals surface area (Å²) in [5.41, 5.74) is 5.95. The summed E-state index contributed by atoms with van der Waals surface area (Å²) in [6, 6.07) is 34.0. The Kier molecular flexibility index (Phi) is 6.57. The van der Waals surface area contributed by atoms with Crippen molar-refractivity contribution in [3.63, 3.8) is 0 Å². The maximum absolute atomic E-state index is 12.8. The van der Waals surface area contributed by atoms with E-state index in [1.165, 1.54) is 12.1 Å². The molecule has 2 N–H and O–H groups in total. The molecular formula is C29H24N4O3S. The number of benzene rings is 4. The van der Waals surface area contributed by atoms with Gasteiger partial charge in [0, 0.05) is 16.8 Å². The van der Waals surface area contributed by atoms with Gasteiger partial charge in [-0.3, -0.25) is 0 Å². The average molecular weight is 509 g/mol. The van der Waals surface area contributed by atoms with Crippen LogP contribution in [0.25, 0.3) is 28.2 Å². The summed E-state index contributed by atoms with van der Waals surface area (Å²) in [7, 11) is -4.08. The standard InChI is InChI=1S/C29H24N4O3S/c1-21-12-14-23(15-13-21)28-20-27(22-8-4-2-5-9-22)31-33(28)25-16-18-26(19-17-25)37(35,36)32-29(34)30-24-10-6-3-7-11-24/h2-20H,1H3,(H2,30,32,34). The molecule has 0 saturated heterocycles. The lowest BCUT2D eigenvalue weighted by atomic mass is 10.1. The van der Waals surface area contributed by atoms with Crippen molar-refractivity contribution in [3.8, 4) is 28.2 Å². The van der Waals surface area contributed by atoms with Gasteiger partial charge in [-0.05, 0) is 49.4 Å². The number of rotatable bonds is 6. The first-order chi connectivity index (χ1) is 17.9. The van der Waals surface area contributed by atoms with E-state index >= 15 is 0 Å². The lowest BCUT2D eigenvalue weighted by Crippen LogP contribution is -2.34. The minimum absolute atomic E-state index is 0.0354. The second-order valence-electron chi connectivity index (χ2n) is 8.48. The maximum atomic E-state index is 12.8. The highest BCUT2D eigenvalue weighted by Gasteiger charge is 2.19. The molecule has 2 amide bonds. The van der Waals surface area contributed by atoms with Crippen LogP contribution in [-0.2, 0) is 10.0 Å². The van der Waals surface area contributed by atoms with Gasteiger partial charge in [0.25, 0.3) is 10.0 Å². The molecule has 0 saturated carbocycles. The second kappa shape index (κ2) is 10.1. The average Bonchev–Trinajstić information content (AvgIpc) is 3.35. The molecule has 0 radical (unpaired) electrons. The predicted molar refractivity (Wildman–Crippen MR) is 145 cm³/mol. The zero-order chi connectivity index (χ0) is 25.8. The number of anilines is 1. The Labute approximate surface area is 215 Å². The van der Waals surface area contributed by atoms with Crippen molar-refractivity contribution < 1.29 is 13.2 Å². The van der Waals surface area contributed by atoms with Crippen LogP contribution in [-0.4, -0.2) is 24.2 Å². The monoisotopic (exact) mass is 508 g/mol. The van der Waals surface area contributed by atoms with Gasteiger partial charge in [-0.1, -0.05) is 78.4 Å². The number of amides is 2. The van der Waals surface area contributed by atoms with E-state index in [2.05, 4.69) is 5.32 Å². The molecular weight excluding hydrogens is 484 g/mol. The summed E-state index contributed by atoms with van der Waals surface area (Å²) < 4.78 is 29.4. The Morgan fingerprint density at radius 1 is 0.757 bits per heavy atom. The number of para-hydroxylation sites is 1. The Morgan fingerprint density at radius 2 is 1.38 bits per heavy atom. The smallest absolute Gasteiger partial charge is 0.307 e. The summed E-state index contributed by atoms with van der Waals surface area (Å²) in [4.78, 5) is 12.2. The topological polar surface area (TPSA) is 93.1 Å². The summed E-state index contributed by atoms with van der Waals surface area (Å²) in [5, 5.41) is 7.33. The van der Waals surface area contributed by atoms with Crippen LogP contribution in [0.15, 0.2) is 120 Å². The number of urea groups is 1. The number of carbonyl (C=O) groups excluding carboxylic acids is 1. The van der Waals surface area contributed by atoms with Gasteiger partial charge in [-0.25, -0.2) is 22.6 Å². The number of carbonyl (C=O) groups is 1. The summed E-state index contributed by atoms with van der Waals surface area (Å²) in [6.45, 7) is 2.03. The van der Waals surface area contributed by atoms with Crippen molar-refractivity contribution in [2.75, 3.05) is 5.32 Å². The fourth-order valence-electron chi connectivity index (χ4n) is 3.88. The van der Waals surface area contributed by atoms with Gasteiger partial charge in [-0.15, -0.1) is 0 Å². The van der Waals surface area contributed by atoms with E-state index in [-0.39, 0.29) is 4.90 Å². The molecule has 0 bridgehead atoms. The van der Waals surface area contributed by atoms with Crippen molar-refractivity contribution in [3.05, 3.63) is 121 Å². The Hall–Kier alpha value is -4.69. The minimum Gasteiger partial charge on any atom is -0.307 e. The van der Waals surface area contributed by atoms with Crippen molar-refractivity contribution >= 4 is 21.7 Å². The lowest BCUT2D eigenvalue weighted by molar-refractivity contribution is 0.256. The maximum Gasteiger partial charge on any atom is 0.333 e. The fourth-order valence-corrected chi connectivity index (χ4v) is 4.79. The number of hydrogen-bond donors (Lipinski definition) is 2. The van der Waals surface area contributed by atoms with Crippen molar-refractivity contribution in [2.24, 2.45) is 0 Å². The number of aromatic nitrogens is 2. The molecule has 7 nitrogen and oxygen atoms in total. The zero-order valence-corrected chi connectivity index (χ0v) is 20.8. The predicted octanol–water partition coefficient (Wildman–Crippen LogP) is 6.03. The molecule has 0 atom stereocenters. The van der Waals surface area contributed by atoms with Crippen LogP contribution in [0.1, 0.15) is 5.56 Å². The molecule has 0 unspecified atom stereocenters. The van der Waals surface area contributed by atoms with E-state index in [1.54, 1.807) is 47.1 Å². The molecule has 1 aromatic heterocycles. The Bertz CT molecular complexity index is 1630. The highest BCUT2D eigenvalue weighted by molar-refractivity contribution is 7.90. The number of nitrogens with one attached hydrogen (secondary N) is 2. The number of nitrogens with zero attached hydrogens (tertiary/aromatic N) is 2. The van der Waals surface area contributed by atoms with Crippen LogP contribution in [0, 0.1) is 6.92 Å². The molecule has 0 aliphatic carbocycles. The Morgan fingerprint density at radius 3 is 2.03 bits per heavy atom. The first-order valence-corrected chi connectivity index (χ1v) is 13.1. The van der Waals surface area contributed by atoms with E-state index in [0.717, 1.165) is 28.1 Å². The first kappa shape index (κ1) is 24.0. The third kappa shape index (κ3) is 5.44. The van der Waals surface area contributed by atoms with Gasteiger partial charge in [0.05, 0.1) is 22.0 Å². The number of hydrogen-bond acceptors (Lipinski definition) is 4. The number of aryl methyl sites for hydroxylation is 1. The van der Waals surface area contributed by atoms with Crippen LogP contribution < -0.4 is 10.0 Å². The molecule has 0 aliphatic heterocycles. The molecule has 184 valence electrons. The molecule has 37 heavy (non-hydrogen) atoms. The minimum atomic E-state index is -4.08.